The van der Waals surface area contributed by atoms with Crippen molar-refractivity contribution in [1.82, 2.24) is 23.8 Å². The molecular weight excluding hydrogens is 615 g/mol. The van der Waals surface area contributed by atoms with Crippen molar-refractivity contribution in [2.45, 2.75) is 36.8 Å². The summed E-state index contributed by atoms with van der Waals surface area (Å²) >= 11 is 12.6. The van der Waals surface area contributed by atoms with Crippen LogP contribution in [0.2, 0.25) is 10.0 Å². The molecule has 0 saturated carbocycles. The van der Waals surface area contributed by atoms with Gasteiger partial charge in [-0.25, -0.2) is 28.3 Å². The van der Waals surface area contributed by atoms with Gasteiger partial charge in [0.25, 0.3) is 15.9 Å². The molecule has 0 bridgehead atoms. The molecule has 6 rings (SSSR count). The van der Waals surface area contributed by atoms with Crippen LogP contribution in [0, 0.1) is 5.92 Å². The first-order valence-electron chi connectivity index (χ1n) is 13.5. The normalized spacial score (nSPS) is 19.5. The molecule has 1 atom stereocenters. The second-order valence-corrected chi connectivity index (χ2v) is 13.6. The number of primary amides is 1. The zero-order valence-corrected chi connectivity index (χ0v) is 25.3. The Balaban J connectivity index is 1.42. The third-order valence-corrected chi connectivity index (χ3v) is 10.3. The Bertz CT molecular complexity index is 1810. The molecular formula is C29H27Cl2N7O4S. The van der Waals surface area contributed by atoms with Crippen molar-refractivity contribution in [3.63, 3.8) is 0 Å². The van der Waals surface area contributed by atoms with Crippen LogP contribution < -0.4 is 10.6 Å². The van der Waals surface area contributed by atoms with Crippen LogP contribution in [-0.4, -0.2) is 57.1 Å². The number of amides is 2. The van der Waals surface area contributed by atoms with Crippen LogP contribution in [0.1, 0.15) is 25.3 Å². The number of hydrogen-bond acceptors (Lipinski definition) is 7. The van der Waals surface area contributed by atoms with Crippen molar-refractivity contribution in [3.05, 3.63) is 83.0 Å². The summed E-state index contributed by atoms with van der Waals surface area (Å²) in [5, 5.41) is 0.505. The maximum Gasteiger partial charge on any atom is 0.260 e. The maximum atomic E-state index is 14.3. The quantitative estimate of drug-likeness (QED) is 0.319. The number of rotatable bonds is 7. The molecule has 1 saturated heterocycles. The highest BCUT2D eigenvalue weighted by atomic mass is 35.5. The second kappa shape index (κ2) is 11.0. The number of fused-ring (bicyclic) bond motifs is 1. The molecule has 0 aliphatic carbocycles. The number of hydrogen-bond donors (Lipinski definition) is 1. The van der Waals surface area contributed by atoms with Gasteiger partial charge in [0.15, 0.2) is 5.03 Å². The van der Waals surface area contributed by atoms with Gasteiger partial charge in [-0.05, 0) is 49.1 Å². The first kappa shape index (κ1) is 29.2. The predicted molar refractivity (Wildman–Crippen MR) is 161 cm³/mol. The molecule has 4 heterocycles. The highest BCUT2D eigenvalue weighted by molar-refractivity contribution is 7.89. The molecule has 14 heteroatoms. The van der Waals surface area contributed by atoms with Crippen molar-refractivity contribution < 1.29 is 18.0 Å². The molecule has 2 aromatic heterocycles. The van der Waals surface area contributed by atoms with Gasteiger partial charge in [0.05, 0.1) is 11.9 Å². The molecule has 0 unspecified atom stereocenters. The van der Waals surface area contributed by atoms with E-state index in [1.807, 2.05) is 24.3 Å². The van der Waals surface area contributed by atoms with E-state index in [2.05, 4.69) is 15.0 Å². The number of nitrogens with zero attached hydrogens (tertiary/aromatic N) is 6. The van der Waals surface area contributed by atoms with Crippen LogP contribution in [0.15, 0.2) is 72.4 Å². The van der Waals surface area contributed by atoms with Crippen LogP contribution in [0.3, 0.4) is 0 Å². The van der Waals surface area contributed by atoms with E-state index in [4.69, 9.17) is 28.9 Å². The van der Waals surface area contributed by atoms with E-state index in [1.54, 1.807) is 37.5 Å². The zero-order chi connectivity index (χ0) is 30.5. The lowest BCUT2D eigenvalue weighted by Gasteiger charge is -2.31. The fourth-order valence-corrected chi connectivity index (χ4v) is 7.96. The third kappa shape index (κ3) is 5.18. The van der Waals surface area contributed by atoms with E-state index in [-0.39, 0.29) is 36.4 Å². The lowest BCUT2D eigenvalue weighted by molar-refractivity contribution is -0.124. The van der Waals surface area contributed by atoms with Crippen molar-refractivity contribution in [1.29, 1.82) is 0 Å². The van der Waals surface area contributed by atoms with E-state index in [0.29, 0.717) is 28.6 Å². The van der Waals surface area contributed by atoms with Crippen LogP contribution in [0.4, 0.5) is 11.6 Å². The molecule has 11 nitrogen and oxygen atoms in total. The molecule has 2 amide bonds. The lowest BCUT2D eigenvalue weighted by Crippen LogP contribution is -2.45. The minimum absolute atomic E-state index is 0.121. The molecule has 0 radical (unpaired) electrons. The molecule has 222 valence electrons. The number of imidazole rings is 1. The van der Waals surface area contributed by atoms with Gasteiger partial charge in [-0.1, -0.05) is 47.5 Å². The Labute approximate surface area is 258 Å². The van der Waals surface area contributed by atoms with Crippen LogP contribution in [0.25, 0.3) is 11.1 Å². The van der Waals surface area contributed by atoms with Gasteiger partial charge in [-0.2, -0.15) is 4.31 Å². The molecule has 43 heavy (non-hydrogen) atoms. The van der Waals surface area contributed by atoms with Crippen molar-refractivity contribution in [2.75, 3.05) is 18.0 Å². The number of piperidine rings is 1. The number of sulfonamides is 1. The summed E-state index contributed by atoms with van der Waals surface area (Å²) < 4.78 is 30.9. The molecule has 2 N–H and O–H groups in total. The van der Waals surface area contributed by atoms with Gasteiger partial charge in [0.1, 0.15) is 11.9 Å². The Hall–Kier alpha value is -3.84. The number of aromatic nitrogens is 4. The number of benzene rings is 2. The average molecular weight is 643 g/mol. The van der Waals surface area contributed by atoms with Crippen molar-refractivity contribution >= 4 is 56.7 Å². The van der Waals surface area contributed by atoms with E-state index in [9.17, 15) is 18.0 Å². The van der Waals surface area contributed by atoms with E-state index < -0.39 is 27.4 Å². The number of anilines is 2. The summed E-state index contributed by atoms with van der Waals surface area (Å²) in [7, 11) is -4.11. The molecule has 0 spiro atoms. The number of halogens is 2. The Kier molecular flexibility index (Phi) is 7.49. The SMILES string of the molecule is C[C@@]1(Cc2ccc(-c3cn[14cH]nc3)cc2)C(=O)N(c2cc(Cl)cc(Cl)c2)c2ncc(S(=O)(=O)N3CCC(C(N)=O)CC3)n21. The van der Waals surface area contributed by atoms with E-state index in [1.165, 1.54) is 26.3 Å². The fourth-order valence-electron chi connectivity index (χ4n) is 5.79. The number of nitrogens with two attached hydrogens (primary N) is 1. The molecule has 2 aliphatic rings. The molecule has 2 aliphatic heterocycles. The predicted octanol–water partition coefficient (Wildman–Crippen LogP) is 4.17. The zero-order valence-electron chi connectivity index (χ0n) is 23.0. The second-order valence-electron chi connectivity index (χ2n) is 10.9. The summed E-state index contributed by atoms with van der Waals surface area (Å²) in [4.78, 5) is 39.9. The van der Waals surface area contributed by atoms with Crippen LogP contribution >= 0.6 is 23.2 Å². The smallest absolute Gasteiger partial charge is 0.260 e. The lowest BCUT2D eigenvalue weighted by atomic mass is 9.91. The van der Waals surface area contributed by atoms with Gasteiger partial charge < -0.3 is 5.73 Å². The third-order valence-electron chi connectivity index (χ3n) is 8.03. The summed E-state index contributed by atoms with van der Waals surface area (Å²) in [6.07, 6.45) is 6.94. The van der Waals surface area contributed by atoms with Gasteiger partial charge in [-0.15, -0.1) is 0 Å². The van der Waals surface area contributed by atoms with Gasteiger partial charge in [0, 0.05) is 53.4 Å². The molecule has 4 aromatic rings. The monoisotopic (exact) mass is 641 g/mol. The minimum Gasteiger partial charge on any atom is -0.369 e. The average Bonchev–Trinajstić information content (AvgIpc) is 3.51. The number of carbonyl (C=O) groups is 2. The van der Waals surface area contributed by atoms with E-state index in [0.717, 1.165) is 16.7 Å². The minimum atomic E-state index is -4.11. The Morgan fingerprint density at radius 1 is 1.02 bits per heavy atom. The van der Waals surface area contributed by atoms with Crippen molar-refractivity contribution in [3.8, 4) is 11.1 Å². The van der Waals surface area contributed by atoms with Gasteiger partial charge >= 0.3 is 0 Å². The maximum absolute atomic E-state index is 14.3. The first-order chi connectivity index (χ1) is 20.5. The highest BCUT2D eigenvalue weighted by Crippen LogP contribution is 2.45. The summed E-state index contributed by atoms with van der Waals surface area (Å²) in [5.74, 6) is -1.09. The van der Waals surface area contributed by atoms with Gasteiger partial charge in [-0.3, -0.25) is 14.2 Å². The fraction of sp³-hybridized carbons (Fsp3) is 0.276. The van der Waals surface area contributed by atoms with Crippen LogP contribution in [-0.2, 0) is 31.6 Å². The summed E-state index contributed by atoms with van der Waals surface area (Å²) in [5.41, 5.74) is 6.98. The molecule has 1 fully saturated rings. The topological polar surface area (TPSA) is 144 Å². The summed E-state index contributed by atoms with van der Waals surface area (Å²) in [6, 6.07) is 12.3. The largest absolute Gasteiger partial charge is 0.369 e. The highest BCUT2D eigenvalue weighted by Gasteiger charge is 2.52. The van der Waals surface area contributed by atoms with Crippen LogP contribution in [0.5, 0.6) is 0 Å². The first-order valence-corrected chi connectivity index (χ1v) is 15.7. The van der Waals surface area contributed by atoms with E-state index >= 15 is 0 Å². The number of carbonyl (C=O) groups excluding carboxylic acids is 2. The standard InChI is InChI=1S/C29H27Cl2N7O4S/c1-29(13-18-2-4-19(5-3-18)21-14-33-17-34-15-21)27(40)37(24-11-22(30)10-23(31)12-24)28-35-16-25(38(28)29)43(41,42)36-8-6-20(7-9-36)26(32)39/h2-5,10-12,14-17,20H,6-9,13H2,1H3,(H2,32,39)/t29-/m1/s1/i17+2. The Morgan fingerprint density at radius 2 is 1.65 bits per heavy atom. The van der Waals surface area contributed by atoms with Crippen molar-refractivity contribution in [2.24, 2.45) is 11.7 Å². The molecule has 2 aromatic carbocycles. The summed E-state index contributed by atoms with van der Waals surface area (Å²) in [6.45, 7) is 1.95. The van der Waals surface area contributed by atoms with Gasteiger partial charge in [0.2, 0.25) is 11.9 Å². The Morgan fingerprint density at radius 3 is 2.26 bits per heavy atom.